The molecule has 2 heteroatoms. The molecular formula is C8H18OS. The van der Waals surface area contributed by atoms with Crippen molar-refractivity contribution < 1.29 is 4.55 Å². The second-order valence-electron chi connectivity index (χ2n) is 3.84. The highest BCUT2D eigenvalue weighted by Gasteiger charge is 2.35. The molecule has 0 aliphatic heterocycles. The van der Waals surface area contributed by atoms with Gasteiger partial charge in [-0.3, -0.25) is 0 Å². The molecule has 0 aromatic rings. The van der Waals surface area contributed by atoms with Crippen molar-refractivity contribution in [2.45, 2.75) is 45.8 Å². The van der Waals surface area contributed by atoms with Gasteiger partial charge >= 0.3 is 0 Å². The molecule has 0 unspecified atom stereocenters. The number of rotatable bonds is 3. The maximum absolute atomic E-state index is 8.98. The first-order valence-corrected chi connectivity index (χ1v) is 4.47. The van der Waals surface area contributed by atoms with Crippen LogP contribution < -0.4 is 0 Å². The predicted octanol–water partition coefficient (Wildman–Crippen LogP) is 3.41. The summed E-state index contributed by atoms with van der Waals surface area (Å²) in [7, 11) is 0. The molecule has 62 valence electrons. The molecule has 1 N–H and O–H groups in total. The van der Waals surface area contributed by atoms with E-state index in [0.29, 0.717) is 0 Å². The molecule has 0 amide bonds. The zero-order valence-corrected chi connectivity index (χ0v) is 8.38. The van der Waals surface area contributed by atoms with Gasteiger partial charge in [0, 0.05) is 4.75 Å². The Balaban J connectivity index is 4.28. The van der Waals surface area contributed by atoms with Gasteiger partial charge in [0.15, 0.2) is 0 Å². The Morgan fingerprint density at radius 2 is 1.60 bits per heavy atom. The molecule has 0 fully saturated rings. The smallest absolute Gasteiger partial charge is 0.0414 e. The van der Waals surface area contributed by atoms with Crippen molar-refractivity contribution in [3.63, 3.8) is 0 Å². The van der Waals surface area contributed by atoms with Crippen molar-refractivity contribution in [1.29, 1.82) is 0 Å². The van der Waals surface area contributed by atoms with E-state index in [1.807, 2.05) is 0 Å². The molecule has 10 heavy (non-hydrogen) atoms. The molecule has 0 saturated heterocycles. The Labute approximate surface area is 68.4 Å². The van der Waals surface area contributed by atoms with Crippen LogP contribution in [0.15, 0.2) is 0 Å². The predicted molar refractivity (Wildman–Crippen MR) is 48.4 cm³/mol. The van der Waals surface area contributed by atoms with Gasteiger partial charge in [0.1, 0.15) is 0 Å². The molecule has 0 bridgehead atoms. The topological polar surface area (TPSA) is 20.2 Å². The maximum atomic E-state index is 8.98. The molecule has 0 saturated carbocycles. The second kappa shape index (κ2) is 3.14. The summed E-state index contributed by atoms with van der Waals surface area (Å²) in [6.07, 6.45) is 1.09. The average Bonchev–Trinajstić information content (AvgIpc) is 1.88. The van der Waals surface area contributed by atoms with Crippen LogP contribution in [0.3, 0.4) is 0 Å². The van der Waals surface area contributed by atoms with Gasteiger partial charge in [0.2, 0.25) is 0 Å². The first-order chi connectivity index (χ1) is 4.37. The third kappa shape index (κ3) is 1.89. The van der Waals surface area contributed by atoms with E-state index in [4.69, 9.17) is 4.55 Å². The summed E-state index contributed by atoms with van der Waals surface area (Å²) in [6, 6.07) is 0. The lowest BCUT2D eigenvalue weighted by Gasteiger charge is -2.38. The van der Waals surface area contributed by atoms with E-state index in [-0.39, 0.29) is 10.2 Å². The highest BCUT2D eigenvalue weighted by molar-refractivity contribution is 7.95. The van der Waals surface area contributed by atoms with Gasteiger partial charge in [-0.1, -0.05) is 20.8 Å². The van der Waals surface area contributed by atoms with Crippen molar-refractivity contribution in [2.75, 3.05) is 0 Å². The summed E-state index contributed by atoms with van der Waals surface area (Å²) in [5.41, 5.74) is 0.201. The molecule has 0 spiro atoms. The van der Waals surface area contributed by atoms with Crippen LogP contribution in [0.5, 0.6) is 0 Å². The summed E-state index contributed by atoms with van der Waals surface area (Å²) in [5.74, 6) is 0. The van der Waals surface area contributed by atoms with Crippen molar-refractivity contribution in [1.82, 2.24) is 0 Å². The van der Waals surface area contributed by atoms with Gasteiger partial charge in [0.25, 0.3) is 0 Å². The first-order valence-electron chi connectivity index (χ1n) is 3.70. The highest BCUT2D eigenvalue weighted by atomic mass is 32.2. The third-order valence-electron chi connectivity index (χ3n) is 2.74. The van der Waals surface area contributed by atoms with Crippen LogP contribution in [-0.2, 0) is 0 Å². The molecule has 1 nitrogen and oxygen atoms in total. The summed E-state index contributed by atoms with van der Waals surface area (Å²) in [4.78, 5) is 0. The van der Waals surface area contributed by atoms with Crippen molar-refractivity contribution in [3.8, 4) is 0 Å². The molecule has 0 aliphatic rings. The van der Waals surface area contributed by atoms with E-state index in [1.165, 1.54) is 0 Å². The average molecular weight is 162 g/mol. The van der Waals surface area contributed by atoms with E-state index in [0.717, 1.165) is 18.5 Å². The van der Waals surface area contributed by atoms with Gasteiger partial charge in [-0.2, -0.15) is 0 Å². The molecule has 0 aromatic carbocycles. The van der Waals surface area contributed by atoms with E-state index in [9.17, 15) is 0 Å². The molecule has 0 aliphatic carbocycles. The zero-order chi connectivity index (χ0) is 8.41. The Morgan fingerprint density at radius 3 is 1.70 bits per heavy atom. The minimum Gasteiger partial charge on any atom is -0.329 e. The van der Waals surface area contributed by atoms with Crippen LogP contribution in [0.4, 0.5) is 0 Å². The fraction of sp³-hybridized carbons (Fsp3) is 1.00. The second-order valence-corrected chi connectivity index (χ2v) is 5.04. The summed E-state index contributed by atoms with van der Waals surface area (Å²) in [5, 5.41) is 0. The molecule has 0 aromatic heterocycles. The standard InChI is InChI=1S/C8H18OS/c1-6-7(2,3)8(4,5)10-9/h9H,6H2,1-5H3. The third-order valence-corrected chi connectivity index (χ3v) is 3.75. The first kappa shape index (κ1) is 10.3. The lowest BCUT2D eigenvalue weighted by Crippen LogP contribution is -2.34. The number of hydrogen-bond donors (Lipinski definition) is 1. The lowest BCUT2D eigenvalue weighted by molar-refractivity contribution is 0.265. The minimum atomic E-state index is -0.0399. The lowest BCUT2D eigenvalue weighted by atomic mass is 9.78. The fourth-order valence-electron chi connectivity index (χ4n) is 0.549. The Bertz CT molecular complexity index is 93.8. The normalized spacial score (nSPS) is 13.8. The Kier molecular flexibility index (Phi) is 3.24. The zero-order valence-electron chi connectivity index (χ0n) is 7.56. The monoisotopic (exact) mass is 162 g/mol. The van der Waals surface area contributed by atoms with Crippen LogP contribution in [0.25, 0.3) is 0 Å². The Hall–Kier alpha value is 0.310. The van der Waals surface area contributed by atoms with E-state index in [1.54, 1.807) is 0 Å². The molecule has 0 radical (unpaired) electrons. The van der Waals surface area contributed by atoms with Crippen LogP contribution in [0, 0.1) is 5.41 Å². The molecule has 0 heterocycles. The van der Waals surface area contributed by atoms with Crippen molar-refractivity contribution in [3.05, 3.63) is 0 Å². The van der Waals surface area contributed by atoms with E-state index in [2.05, 4.69) is 34.6 Å². The van der Waals surface area contributed by atoms with Gasteiger partial charge in [0.05, 0.1) is 0 Å². The molecular weight excluding hydrogens is 144 g/mol. The van der Waals surface area contributed by atoms with Gasteiger partial charge in [-0.15, -0.1) is 0 Å². The summed E-state index contributed by atoms with van der Waals surface area (Å²) < 4.78 is 8.94. The van der Waals surface area contributed by atoms with E-state index < -0.39 is 0 Å². The quantitative estimate of drug-likeness (QED) is 0.642. The maximum Gasteiger partial charge on any atom is 0.0414 e. The molecule has 0 rings (SSSR count). The largest absolute Gasteiger partial charge is 0.329 e. The van der Waals surface area contributed by atoms with Crippen molar-refractivity contribution in [2.24, 2.45) is 5.41 Å². The van der Waals surface area contributed by atoms with Crippen molar-refractivity contribution >= 4 is 12.0 Å². The van der Waals surface area contributed by atoms with Gasteiger partial charge < -0.3 is 4.55 Å². The van der Waals surface area contributed by atoms with Crippen LogP contribution in [0.1, 0.15) is 41.0 Å². The van der Waals surface area contributed by atoms with E-state index >= 15 is 0 Å². The summed E-state index contributed by atoms with van der Waals surface area (Å²) >= 11 is 0.959. The Morgan fingerprint density at radius 1 is 1.20 bits per heavy atom. The highest BCUT2D eigenvalue weighted by Crippen LogP contribution is 2.42. The summed E-state index contributed by atoms with van der Waals surface area (Å²) in [6.45, 7) is 10.6. The fourth-order valence-corrected chi connectivity index (χ4v) is 0.941. The number of hydrogen-bond acceptors (Lipinski definition) is 2. The van der Waals surface area contributed by atoms with Crippen LogP contribution >= 0.6 is 12.0 Å². The van der Waals surface area contributed by atoms with Crippen LogP contribution in [-0.4, -0.2) is 9.30 Å². The molecule has 0 atom stereocenters. The minimum absolute atomic E-state index is 0.0399. The van der Waals surface area contributed by atoms with Gasteiger partial charge in [-0.05, 0) is 37.7 Å². The van der Waals surface area contributed by atoms with Gasteiger partial charge in [-0.25, -0.2) is 0 Å². The van der Waals surface area contributed by atoms with Crippen LogP contribution in [0.2, 0.25) is 0 Å². The SMILES string of the molecule is CCC(C)(C)C(C)(C)SO.